The Balaban J connectivity index is 1.53. The summed E-state index contributed by atoms with van der Waals surface area (Å²) in [7, 11) is 0. The van der Waals surface area contributed by atoms with Gasteiger partial charge in [0.2, 0.25) is 0 Å². The molecule has 1 aromatic heterocycles. The number of rotatable bonds is 4. The third-order valence-electron chi connectivity index (χ3n) is 4.15. The molecule has 2 aliphatic rings. The van der Waals surface area contributed by atoms with Gasteiger partial charge in [0.05, 0.1) is 12.2 Å². The zero-order valence-corrected chi connectivity index (χ0v) is 11.8. The summed E-state index contributed by atoms with van der Waals surface area (Å²) in [5.74, 6) is 1.02. The van der Waals surface area contributed by atoms with Crippen LogP contribution in [0.4, 0.5) is 5.82 Å². The maximum Gasteiger partial charge on any atom is 0.323 e. The number of esters is 1. The maximum atomic E-state index is 11.6. The first-order valence-corrected chi connectivity index (χ1v) is 7.27. The van der Waals surface area contributed by atoms with Crippen molar-refractivity contribution < 1.29 is 9.53 Å². The second-order valence-electron chi connectivity index (χ2n) is 5.51. The average molecular weight is 286 g/mol. The van der Waals surface area contributed by atoms with E-state index in [0.29, 0.717) is 23.9 Å². The van der Waals surface area contributed by atoms with E-state index in [4.69, 9.17) is 10.00 Å². The molecule has 2 fully saturated rings. The number of likely N-dealkylation sites (tertiary alicyclic amines) is 1. The summed E-state index contributed by atoms with van der Waals surface area (Å²) in [4.78, 5) is 18.0. The smallest absolute Gasteiger partial charge is 0.323 e. The van der Waals surface area contributed by atoms with Gasteiger partial charge in [0.25, 0.3) is 0 Å². The third kappa shape index (κ3) is 2.98. The summed E-state index contributed by atoms with van der Waals surface area (Å²) in [5.41, 5.74) is 0.562. The van der Waals surface area contributed by atoms with Crippen molar-refractivity contribution in [2.24, 2.45) is 5.92 Å². The van der Waals surface area contributed by atoms with Crippen LogP contribution in [0.25, 0.3) is 0 Å². The molecule has 0 amide bonds. The molecule has 6 heteroatoms. The summed E-state index contributed by atoms with van der Waals surface area (Å²) in [6.07, 6.45) is 3.53. The van der Waals surface area contributed by atoms with Crippen LogP contribution in [0.15, 0.2) is 18.3 Å². The molecule has 3 heterocycles. The Kier molecular flexibility index (Phi) is 4.02. The maximum absolute atomic E-state index is 11.6. The Labute approximate surface area is 123 Å². The number of nitriles is 1. The predicted molar refractivity (Wildman–Crippen MR) is 76.5 cm³/mol. The molecule has 0 unspecified atom stereocenters. The van der Waals surface area contributed by atoms with Gasteiger partial charge in [-0.3, -0.25) is 9.69 Å². The number of cyclic esters (lactones) is 1. The van der Waals surface area contributed by atoms with E-state index in [1.165, 1.54) is 0 Å². The second-order valence-corrected chi connectivity index (χ2v) is 5.51. The van der Waals surface area contributed by atoms with Gasteiger partial charge >= 0.3 is 5.97 Å². The van der Waals surface area contributed by atoms with Crippen molar-refractivity contribution in [1.29, 1.82) is 5.26 Å². The van der Waals surface area contributed by atoms with Crippen LogP contribution in [0.2, 0.25) is 0 Å². The molecule has 0 saturated carbocycles. The minimum absolute atomic E-state index is 0.0560. The number of nitrogens with zero attached hydrogens (tertiary/aromatic N) is 3. The van der Waals surface area contributed by atoms with Crippen molar-refractivity contribution in [1.82, 2.24) is 9.88 Å². The molecular formula is C15H18N4O2. The van der Waals surface area contributed by atoms with Crippen LogP contribution >= 0.6 is 0 Å². The fraction of sp³-hybridized carbons (Fsp3) is 0.533. The number of hydrogen-bond donors (Lipinski definition) is 1. The highest BCUT2D eigenvalue weighted by Gasteiger charge is 2.36. The van der Waals surface area contributed by atoms with E-state index in [9.17, 15) is 4.79 Å². The minimum Gasteiger partial charge on any atom is -0.464 e. The topological polar surface area (TPSA) is 78.2 Å². The highest BCUT2D eigenvalue weighted by atomic mass is 16.5. The lowest BCUT2D eigenvalue weighted by Gasteiger charge is -2.20. The highest BCUT2D eigenvalue weighted by Crippen LogP contribution is 2.24. The SMILES string of the molecule is N#Cc1cccnc1NC[C@H]1CCN([C@@H]2CCOC2=O)C1. The zero-order valence-electron chi connectivity index (χ0n) is 11.8. The number of carbonyl (C=O) groups is 1. The van der Waals surface area contributed by atoms with E-state index in [-0.39, 0.29) is 12.0 Å². The van der Waals surface area contributed by atoms with Gasteiger partial charge in [0.15, 0.2) is 0 Å². The van der Waals surface area contributed by atoms with Gasteiger partial charge in [-0.1, -0.05) is 0 Å². The van der Waals surface area contributed by atoms with Gasteiger partial charge in [0.1, 0.15) is 17.9 Å². The van der Waals surface area contributed by atoms with E-state index in [1.54, 1.807) is 18.3 Å². The Morgan fingerprint density at radius 3 is 3.19 bits per heavy atom. The van der Waals surface area contributed by atoms with Crippen LogP contribution in [0.1, 0.15) is 18.4 Å². The van der Waals surface area contributed by atoms with Crippen LogP contribution < -0.4 is 5.32 Å². The van der Waals surface area contributed by atoms with Crippen molar-refractivity contribution in [2.45, 2.75) is 18.9 Å². The predicted octanol–water partition coefficient (Wildman–Crippen LogP) is 1.00. The number of anilines is 1. The van der Waals surface area contributed by atoms with Crippen molar-refractivity contribution in [3.8, 4) is 6.07 Å². The monoisotopic (exact) mass is 286 g/mol. The lowest BCUT2D eigenvalue weighted by atomic mass is 10.1. The van der Waals surface area contributed by atoms with Crippen molar-refractivity contribution >= 4 is 11.8 Å². The van der Waals surface area contributed by atoms with Crippen LogP contribution in [0.3, 0.4) is 0 Å². The Morgan fingerprint density at radius 1 is 1.52 bits per heavy atom. The fourth-order valence-corrected chi connectivity index (χ4v) is 3.01. The second kappa shape index (κ2) is 6.10. The van der Waals surface area contributed by atoms with Gasteiger partial charge < -0.3 is 10.1 Å². The number of pyridine rings is 1. The van der Waals surface area contributed by atoms with E-state index in [2.05, 4.69) is 21.3 Å². The van der Waals surface area contributed by atoms with Crippen LogP contribution in [-0.4, -0.2) is 48.1 Å². The molecule has 0 aromatic carbocycles. The summed E-state index contributed by atoms with van der Waals surface area (Å²) in [6, 6.07) is 5.59. The quantitative estimate of drug-likeness (QED) is 0.832. The molecule has 1 aromatic rings. The van der Waals surface area contributed by atoms with E-state index >= 15 is 0 Å². The summed E-state index contributed by atoms with van der Waals surface area (Å²) in [6.45, 7) is 3.13. The summed E-state index contributed by atoms with van der Waals surface area (Å²) in [5, 5.41) is 12.3. The first-order valence-electron chi connectivity index (χ1n) is 7.27. The Hall–Kier alpha value is -2.13. The normalized spacial score (nSPS) is 25.6. The molecule has 6 nitrogen and oxygen atoms in total. The fourth-order valence-electron chi connectivity index (χ4n) is 3.01. The molecule has 2 atom stereocenters. The molecule has 1 N–H and O–H groups in total. The number of carbonyl (C=O) groups excluding carboxylic acids is 1. The molecule has 2 saturated heterocycles. The molecule has 0 radical (unpaired) electrons. The third-order valence-corrected chi connectivity index (χ3v) is 4.15. The standard InChI is InChI=1S/C15H18N4O2/c16-8-12-2-1-5-17-14(12)18-9-11-3-6-19(10-11)13-4-7-21-15(13)20/h1-2,5,11,13H,3-4,6-7,9-10H2,(H,17,18)/t11-,13-/m1/s1. The van der Waals surface area contributed by atoms with E-state index in [1.807, 2.05) is 0 Å². The minimum atomic E-state index is -0.0832. The summed E-state index contributed by atoms with van der Waals surface area (Å²) < 4.78 is 5.03. The van der Waals surface area contributed by atoms with Gasteiger partial charge in [-0.25, -0.2) is 4.98 Å². The van der Waals surface area contributed by atoms with Crippen molar-refractivity contribution in [3.05, 3.63) is 23.9 Å². The molecule has 0 aliphatic carbocycles. The molecule has 3 rings (SSSR count). The number of ether oxygens (including phenoxy) is 1. The van der Waals surface area contributed by atoms with E-state index < -0.39 is 0 Å². The van der Waals surface area contributed by atoms with Gasteiger partial charge in [0, 0.05) is 25.7 Å². The molecule has 110 valence electrons. The first-order chi connectivity index (χ1) is 10.3. The number of aromatic nitrogens is 1. The van der Waals surface area contributed by atoms with Crippen LogP contribution in [0.5, 0.6) is 0 Å². The summed E-state index contributed by atoms with van der Waals surface area (Å²) >= 11 is 0. The van der Waals surface area contributed by atoms with Crippen LogP contribution in [0, 0.1) is 17.2 Å². The lowest BCUT2D eigenvalue weighted by molar-refractivity contribution is -0.142. The van der Waals surface area contributed by atoms with Gasteiger partial charge in [-0.2, -0.15) is 5.26 Å². The van der Waals surface area contributed by atoms with E-state index in [0.717, 1.165) is 32.5 Å². The number of nitrogens with one attached hydrogen (secondary N) is 1. The Bertz CT molecular complexity index is 569. The molecule has 0 bridgehead atoms. The number of hydrogen-bond acceptors (Lipinski definition) is 6. The van der Waals surface area contributed by atoms with Crippen LogP contribution in [-0.2, 0) is 9.53 Å². The van der Waals surface area contributed by atoms with Crippen molar-refractivity contribution in [3.63, 3.8) is 0 Å². The highest BCUT2D eigenvalue weighted by molar-refractivity contribution is 5.77. The zero-order chi connectivity index (χ0) is 14.7. The average Bonchev–Trinajstić information content (AvgIpc) is 3.14. The molecule has 21 heavy (non-hydrogen) atoms. The lowest BCUT2D eigenvalue weighted by Crippen LogP contribution is -2.37. The molecular weight excluding hydrogens is 268 g/mol. The largest absolute Gasteiger partial charge is 0.464 e. The molecule has 0 spiro atoms. The van der Waals surface area contributed by atoms with Gasteiger partial charge in [-0.05, 0) is 31.0 Å². The Morgan fingerprint density at radius 2 is 2.43 bits per heavy atom. The van der Waals surface area contributed by atoms with Crippen molar-refractivity contribution in [2.75, 3.05) is 31.6 Å². The first kappa shape index (κ1) is 13.8. The molecule has 2 aliphatic heterocycles. The van der Waals surface area contributed by atoms with Gasteiger partial charge in [-0.15, -0.1) is 0 Å².